The first-order valence-corrected chi connectivity index (χ1v) is 6.01. The van der Waals surface area contributed by atoms with Crippen LogP contribution < -0.4 is 0 Å². The van der Waals surface area contributed by atoms with Gasteiger partial charge in [-0.25, -0.2) is 0 Å². The van der Waals surface area contributed by atoms with Gasteiger partial charge in [-0.2, -0.15) is 0 Å². The highest BCUT2D eigenvalue weighted by atomic mass is 16.1. The zero-order valence-corrected chi connectivity index (χ0v) is 10.7. The second-order valence-corrected chi connectivity index (χ2v) is 4.42. The van der Waals surface area contributed by atoms with Crippen molar-refractivity contribution in [3.63, 3.8) is 0 Å². The molecule has 0 aliphatic rings. The highest BCUT2D eigenvalue weighted by Crippen LogP contribution is 2.14. The number of benzene rings is 2. The van der Waals surface area contributed by atoms with E-state index in [2.05, 4.69) is 0 Å². The summed E-state index contributed by atoms with van der Waals surface area (Å²) in [6.07, 6.45) is 1.69. The lowest BCUT2D eigenvalue weighted by atomic mass is 10.0. The third kappa shape index (κ3) is 2.95. The molecular weight excluding hydrogens is 220 g/mol. The quantitative estimate of drug-likeness (QED) is 0.574. The van der Waals surface area contributed by atoms with E-state index >= 15 is 0 Å². The van der Waals surface area contributed by atoms with Crippen molar-refractivity contribution in [1.82, 2.24) is 0 Å². The minimum absolute atomic E-state index is 0.0522. The molecule has 0 fully saturated rings. The molecule has 0 radical (unpaired) electrons. The molecule has 0 saturated heterocycles. The van der Waals surface area contributed by atoms with Crippen LogP contribution in [0.3, 0.4) is 0 Å². The molecule has 0 bridgehead atoms. The number of hydrogen-bond acceptors (Lipinski definition) is 1. The second kappa shape index (κ2) is 5.46. The molecule has 0 amide bonds. The maximum Gasteiger partial charge on any atom is 0.186 e. The van der Waals surface area contributed by atoms with Crippen LogP contribution in [-0.4, -0.2) is 5.78 Å². The monoisotopic (exact) mass is 236 g/mol. The fourth-order valence-corrected chi connectivity index (χ4v) is 1.78. The van der Waals surface area contributed by atoms with Crippen molar-refractivity contribution in [2.24, 2.45) is 0 Å². The SMILES string of the molecule is C/C(=C\C(=O)c1ccc(C)cc1)c1ccccc1. The molecule has 2 rings (SSSR count). The summed E-state index contributed by atoms with van der Waals surface area (Å²) in [7, 11) is 0. The first-order valence-electron chi connectivity index (χ1n) is 6.01. The topological polar surface area (TPSA) is 17.1 Å². The van der Waals surface area contributed by atoms with Crippen LogP contribution in [0.2, 0.25) is 0 Å². The number of rotatable bonds is 3. The first kappa shape index (κ1) is 12.3. The molecule has 0 aromatic heterocycles. The largest absolute Gasteiger partial charge is 0.289 e. The van der Waals surface area contributed by atoms with Crippen LogP contribution in [0.4, 0.5) is 0 Å². The zero-order chi connectivity index (χ0) is 13.0. The van der Waals surface area contributed by atoms with Crippen LogP contribution in [0.25, 0.3) is 5.57 Å². The van der Waals surface area contributed by atoms with Crippen LogP contribution in [0.5, 0.6) is 0 Å². The predicted octanol–water partition coefficient (Wildman–Crippen LogP) is 4.28. The third-order valence-electron chi connectivity index (χ3n) is 2.91. The molecule has 0 saturated carbocycles. The Balaban J connectivity index is 2.23. The van der Waals surface area contributed by atoms with Crippen LogP contribution in [0.1, 0.15) is 28.4 Å². The van der Waals surface area contributed by atoms with E-state index in [0.717, 1.165) is 22.3 Å². The van der Waals surface area contributed by atoms with Gasteiger partial charge in [0.1, 0.15) is 0 Å². The van der Waals surface area contributed by atoms with E-state index in [9.17, 15) is 4.79 Å². The maximum atomic E-state index is 12.1. The van der Waals surface area contributed by atoms with Crippen molar-refractivity contribution in [3.8, 4) is 0 Å². The zero-order valence-electron chi connectivity index (χ0n) is 10.7. The predicted molar refractivity (Wildman–Crippen MR) is 75.6 cm³/mol. The second-order valence-electron chi connectivity index (χ2n) is 4.42. The highest BCUT2D eigenvalue weighted by molar-refractivity contribution is 6.08. The van der Waals surface area contributed by atoms with Crippen molar-refractivity contribution in [2.45, 2.75) is 13.8 Å². The van der Waals surface area contributed by atoms with Crippen LogP contribution in [0, 0.1) is 6.92 Å². The van der Waals surface area contributed by atoms with Gasteiger partial charge in [0.05, 0.1) is 0 Å². The van der Waals surface area contributed by atoms with Crippen LogP contribution in [-0.2, 0) is 0 Å². The minimum atomic E-state index is 0.0522. The summed E-state index contributed by atoms with van der Waals surface area (Å²) >= 11 is 0. The molecule has 0 N–H and O–H groups in total. The Kier molecular flexibility index (Phi) is 3.73. The molecular formula is C17H16O. The normalized spacial score (nSPS) is 11.3. The van der Waals surface area contributed by atoms with Gasteiger partial charge in [0.25, 0.3) is 0 Å². The smallest absolute Gasteiger partial charge is 0.186 e. The van der Waals surface area contributed by atoms with E-state index < -0.39 is 0 Å². The van der Waals surface area contributed by atoms with E-state index in [4.69, 9.17) is 0 Å². The van der Waals surface area contributed by atoms with Crippen molar-refractivity contribution in [2.75, 3.05) is 0 Å². The summed E-state index contributed by atoms with van der Waals surface area (Å²) in [5.74, 6) is 0.0522. The lowest BCUT2D eigenvalue weighted by Crippen LogP contribution is -1.95. The van der Waals surface area contributed by atoms with Crippen LogP contribution >= 0.6 is 0 Å². The van der Waals surface area contributed by atoms with Crippen molar-refractivity contribution in [1.29, 1.82) is 0 Å². The van der Waals surface area contributed by atoms with Crippen LogP contribution in [0.15, 0.2) is 60.7 Å². The number of ketones is 1. The Labute approximate surface area is 108 Å². The Morgan fingerprint density at radius 2 is 1.50 bits per heavy atom. The maximum absolute atomic E-state index is 12.1. The first-order chi connectivity index (χ1) is 8.66. The minimum Gasteiger partial charge on any atom is -0.289 e. The number of aryl methyl sites for hydroxylation is 1. The molecule has 0 aliphatic carbocycles. The van der Waals surface area contributed by atoms with E-state index in [-0.39, 0.29) is 5.78 Å². The van der Waals surface area contributed by atoms with E-state index in [0.29, 0.717) is 0 Å². The summed E-state index contributed by atoms with van der Waals surface area (Å²) < 4.78 is 0. The van der Waals surface area contributed by atoms with Gasteiger partial charge in [-0.1, -0.05) is 60.2 Å². The molecule has 1 heteroatoms. The Bertz CT molecular complexity index is 562. The molecule has 2 aromatic rings. The summed E-state index contributed by atoms with van der Waals surface area (Å²) in [6, 6.07) is 17.6. The molecule has 0 unspecified atom stereocenters. The average Bonchev–Trinajstić information content (AvgIpc) is 2.40. The van der Waals surface area contributed by atoms with Gasteiger partial charge >= 0.3 is 0 Å². The van der Waals surface area contributed by atoms with Gasteiger partial charge in [0.2, 0.25) is 0 Å². The number of hydrogen-bond donors (Lipinski definition) is 0. The molecule has 0 atom stereocenters. The lowest BCUT2D eigenvalue weighted by Gasteiger charge is -2.01. The Hall–Kier alpha value is -2.15. The van der Waals surface area contributed by atoms with Gasteiger partial charge in [-0.15, -0.1) is 0 Å². The highest BCUT2D eigenvalue weighted by Gasteiger charge is 2.03. The number of carbonyl (C=O) groups is 1. The number of allylic oxidation sites excluding steroid dienone is 2. The fourth-order valence-electron chi connectivity index (χ4n) is 1.78. The average molecular weight is 236 g/mol. The summed E-state index contributed by atoms with van der Waals surface area (Å²) in [5, 5.41) is 0. The third-order valence-corrected chi connectivity index (χ3v) is 2.91. The summed E-state index contributed by atoms with van der Waals surface area (Å²) in [6.45, 7) is 3.97. The molecule has 0 aliphatic heterocycles. The molecule has 18 heavy (non-hydrogen) atoms. The van der Waals surface area contributed by atoms with Gasteiger partial charge in [-0.3, -0.25) is 4.79 Å². The van der Waals surface area contributed by atoms with E-state index in [1.165, 1.54) is 0 Å². The van der Waals surface area contributed by atoms with Gasteiger partial charge in [0, 0.05) is 5.56 Å². The van der Waals surface area contributed by atoms with Crippen molar-refractivity contribution in [3.05, 3.63) is 77.4 Å². The standard InChI is InChI=1S/C17H16O/c1-13-8-10-16(11-9-13)17(18)12-14(2)15-6-4-3-5-7-15/h3-12H,1-2H3/b14-12+. The van der Waals surface area contributed by atoms with Gasteiger partial charge < -0.3 is 0 Å². The summed E-state index contributed by atoms with van der Waals surface area (Å²) in [5.41, 5.74) is 3.96. The van der Waals surface area contributed by atoms with Crippen molar-refractivity contribution >= 4 is 11.4 Å². The Morgan fingerprint density at radius 3 is 2.11 bits per heavy atom. The molecule has 90 valence electrons. The van der Waals surface area contributed by atoms with Gasteiger partial charge in [0.15, 0.2) is 5.78 Å². The van der Waals surface area contributed by atoms with E-state index in [1.807, 2.05) is 68.4 Å². The summed E-state index contributed by atoms with van der Waals surface area (Å²) in [4.78, 5) is 12.1. The van der Waals surface area contributed by atoms with Gasteiger partial charge in [-0.05, 0) is 31.1 Å². The lowest BCUT2D eigenvalue weighted by molar-refractivity contribution is 0.104. The molecule has 0 spiro atoms. The van der Waals surface area contributed by atoms with Crippen molar-refractivity contribution < 1.29 is 4.79 Å². The molecule has 2 aromatic carbocycles. The fraction of sp³-hybridized carbons (Fsp3) is 0.118. The molecule has 1 nitrogen and oxygen atoms in total. The number of carbonyl (C=O) groups excluding carboxylic acids is 1. The Morgan fingerprint density at radius 1 is 0.889 bits per heavy atom. The van der Waals surface area contributed by atoms with E-state index in [1.54, 1.807) is 6.08 Å². The molecule has 0 heterocycles.